The molecular formula is C12H18N2O3S. The number of likely N-dealkylation sites (N-methyl/N-ethyl adjacent to an activating group) is 1. The Bertz CT molecular complexity index is 392. The van der Waals surface area contributed by atoms with Gasteiger partial charge in [0.15, 0.2) is 0 Å². The van der Waals surface area contributed by atoms with Crippen LogP contribution in [0.2, 0.25) is 0 Å². The summed E-state index contributed by atoms with van der Waals surface area (Å²) in [5.74, 6) is -0.260. The Kier molecular flexibility index (Phi) is 5.80. The van der Waals surface area contributed by atoms with Gasteiger partial charge in [0, 0.05) is 31.0 Å². The van der Waals surface area contributed by atoms with Crippen molar-refractivity contribution >= 4 is 23.2 Å². The zero-order valence-corrected chi connectivity index (χ0v) is 11.4. The molecule has 100 valence electrons. The summed E-state index contributed by atoms with van der Waals surface area (Å²) in [5.41, 5.74) is 0.615. The summed E-state index contributed by atoms with van der Waals surface area (Å²) in [7, 11) is 1.64. The first-order valence-corrected chi connectivity index (χ1v) is 6.67. The van der Waals surface area contributed by atoms with E-state index >= 15 is 0 Å². The third-order valence-corrected chi connectivity index (χ3v) is 3.41. The molecule has 5 nitrogen and oxygen atoms in total. The molecule has 2 N–H and O–H groups in total. The second-order valence-corrected chi connectivity index (χ2v) is 4.83. The third-order valence-electron chi connectivity index (χ3n) is 2.73. The van der Waals surface area contributed by atoms with Gasteiger partial charge in [-0.3, -0.25) is 9.59 Å². The molecule has 0 radical (unpaired) electrons. The van der Waals surface area contributed by atoms with E-state index in [0.717, 1.165) is 0 Å². The number of thiophene rings is 1. The third kappa shape index (κ3) is 4.12. The first-order valence-electron chi connectivity index (χ1n) is 5.73. The van der Waals surface area contributed by atoms with Crippen molar-refractivity contribution < 1.29 is 14.7 Å². The van der Waals surface area contributed by atoms with Crippen LogP contribution in [-0.2, 0) is 4.79 Å². The van der Waals surface area contributed by atoms with Gasteiger partial charge in [0.2, 0.25) is 5.91 Å². The average molecular weight is 270 g/mol. The standard InChI is InChI=1S/C12H18N2O3S/c1-9(7-15)14(2)11(16)3-5-13-12(17)10-4-6-18-8-10/h4,6,8-9,15H,3,5,7H2,1-2H3,(H,13,17). The van der Waals surface area contributed by atoms with Crippen molar-refractivity contribution in [3.63, 3.8) is 0 Å². The smallest absolute Gasteiger partial charge is 0.252 e. The molecule has 0 aliphatic carbocycles. The molecule has 6 heteroatoms. The Morgan fingerprint density at radius 1 is 1.56 bits per heavy atom. The second-order valence-electron chi connectivity index (χ2n) is 4.05. The quantitative estimate of drug-likeness (QED) is 0.799. The molecule has 0 bridgehead atoms. The Hall–Kier alpha value is -1.40. The summed E-state index contributed by atoms with van der Waals surface area (Å²) >= 11 is 1.46. The van der Waals surface area contributed by atoms with Gasteiger partial charge < -0.3 is 15.3 Å². The average Bonchev–Trinajstić information content (AvgIpc) is 2.90. The van der Waals surface area contributed by atoms with Crippen molar-refractivity contribution in [2.24, 2.45) is 0 Å². The molecule has 0 saturated carbocycles. The lowest BCUT2D eigenvalue weighted by Crippen LogP contribution is -2.39. The van der Waals surface area contributed by atoms with E-state index in [9.17, 15) is 9.59 Å². The van der Waals surface area contributed by atoms with Gasteiger partial charge in [-0.1, -0.05) is 0 Å². The molecule has 1 atom stereocenters. The zero-order chi connectivity index (χ0) is 13.5. The van der Waals surface area contributed by atoms with Gasteiger partial charge >= 0.3 is 0 Å². The summed E-state index contributed by atoms with van der Waals surface area (Å²) in [6.07, 6.45) is 0.233. The van der Waals surface area contributed by atoms with E-state index in [1.165, 1.54) is 16.2 Å². The maximum Gasteiger partial charge on any atom is 0.252 e. The number of rotatable bonds is 6. The van der Waals surface area contributed by atoms with E-state index in [2.05, 4.69) is 5.32 Å². The van der Waals surface area contributed by atoms with Crippen LogP contribution in [0.4, 0.5) is 0 Å². The number of amides is 2. The molecule has 1 rings (SSSR count). The van der Waals surface area contributed by atoms with E-state index in [0.29, 0.717) is 12.1 Å². The minimum absolute atomic E-state index is 0.0660. The molecule has 0 spiro atoms. The number of nitrogens with one attached hydrogen (secondary N) is 1. The monoisotopic (exact) mass is 270 g/mol. The van der Waals surface area contributed by atoms with E-state index < -0.39 is 0 Å². The number of hydrogen-bond acceptors (Lipinski definition) is 4. The number of nitrogens with zero attached hydrogens (tertiary/aromatic N) is 1. The highest BCUT2D eigenvalue weighted by atomic mass is 32.1. The SMILES string of the molecule is CC(CO)N(C)C(=O)CCNC(=O)c1ccsc1. The summed E-state index contributed by atoms with van der Waals surface area (Å²) in [5, 5.41) is 15.2. The highest BCUT2D eigenvalue weighted by molar-refractivity contribution is 7.08. The molecule has 1 aromatic rings. The van der Waals surface area contributed by atoms with Gasteiger partial charge in [-0.05, 0) is 18.4 Å². The maximum absolute atomic E-state index is 11.7. The van der Waals surface area contributed by atoms with Crippen LogP contribution in [0.5, 0.6) is 0 Å². The fourth-order valence-corrected chi connectivity index (χ4v) is 1.96. The van der Waals surface area contributed by atoms with Crippen LogP contribution in [0.15, 0.2) is 16.8 Å². The van der Waals surface area contributed by atoms with Crippen LogP contribution in [-0.4, -0.2) is 48.1 Å². The van der Waals surface area contributed by atoms with E-state index in [4.69, 9.17) is 5.11 Å². The van der Waals surface area contributed by atoms with Crippen molar-refractivity contribution in [2.45, 2.75) is 19.4 Å². The van der Waals surface area contributed by atoms with Crippen LogP contribution in [0.1, 0.15) is 23.7 Å². The van der Waals surface area contributed by atoms with Crippen molar-refractivity contribution in [1.82, 2.24) is 10.2 Å². The number of carbonyl (C=O) groups excluding carboxylic acids is 2. The second kappa shape index (κ2) is 7.13. The topological polar surface area (TPSA) is 69.6 Å². The molecule has 1 aromatic heterocycles. The summed E-state index contributed by atoms with van der Waals surface area (Å²) in [4.78, 5) is 24.7. The fraction of sp³-hybridized carbons (Fsp3) is 0.500. The normalized spacial score (nSPS) is 11.9. The van der Waals surface area contributed by atoms with Gasteiger partial charge in [-0.25, -0.2) is 0 Å². The van der Waals surface area contributed by atoms with Gasteiger partial charge in [-0.15, -0.1) is 0 Å². The number of hydrogen-bond donors (Lipinski definition) is 2. The lowest BCUT2D eigenvalue weighted by atomic mass is 10.2. The van der Waals surface area contributed by atoms with E-state index in [-0.39, 0.29) is 30.9 Å². The number of carbonyl (C=O) groups is 2. The molecule has 0 fully saturated rings. The number of aliphatic hydroxyl groups excluding tert-OH is 1. The Morgan fingerprint density at radius 3 is 2.83 bits per heavy atom. The first-order chi connectivity index (χ1) is 8.56. The summed E-state index contributed by atoms with van der Waals surface area (Å²) < 4.78 is 0. The molecule has 0 saturated heterocycles. The van der Waals surface area contributed by atoms with Crippen LogP contribution >= 0.6 is 11.3 Å². The molecule has 18 heavy (non-hydrogen) atoms. The molecule has 1 unspecified atom stereocenters. The predicted octanol–water partition coefficient (Wildman–Crippen LogP) is 0.707. The highest BCUT2D eigenvalue weighted by Gasteiger charge is 2.14. The van der Waals surface area contributed by atoms with Crippen LogP contribution in [0.3, 0.4) is 0 Å². The van der Waals surface area contributed by atoms with Crippen LogP contribution < -0.4 is 5.32 Å². The lowest BCUT2D eigenvalue weighted by molar-refractivity contribution is -0.132. The van der Waals surface area contributed by atoms with Crippen molar-refractivity contribution in [1.29, 1.82) is 0 Å². The largest absolute Gasteiger partial charge is 0.394 e. The molecule has 1 heterocycles. The molecule has 0 aliphatic heterocycles. The Morgan fingerprint density at radius 2 is 2.28 bits per heavy atom. The summed E-state index contributed by atoms with van der Waals surface area (Å²) in [6, 6.07) is 1.53. The predicted molar refractivity (Wildman–Crippen MR) is 70.6 cm³/mol. The maximum atomic E-state index is 11.7. The van der Waals surface area contributed by atoms with Crippen LogP contribution in [0, 0.1) is 0 Å². The van der Waals surface area contributed by atoms with Crippen LogP contribution in [0.25, 0.3) is 0 Å². The minimum Gasteiger partial charge on any atom is -0.394 e. The fourth-order valence-electron chi connectivity index (χ4n) is 1.32. The zero-order valence-electron chi connectivity index (χ0n) is 10.5. The molecule has 0 aromatic carbocycles. The highest BCUT2D eigenvalue weighted by Crippen LogP contribution is 2.05. The van der Waals surface area contributed by atoms with Crippen molar-refractivity contribution in [3.8, 4) is 0 Å². The first kappa shape index (κ1) is 14.7. The molecular weight excluding hydrogens is 252 g/mol. The van der Waals surface area contributed by atoms with Crippen molar-refractivity contribution in [3.05, 3.63) is 22.4 Å². The van der Waals surface area contributed by atoms with Gasteiger partial charge in [-0.2, -0.15) is 11.3 Å². The lowest BCUT2D eigenvalue weighted by Gasteiger charge is -2.23. The summed E-state index contributed by atoms with van der Waals surface area (Å²) in [6.45, 7) is 2.00. The van der Waals surface area contributed by atoms with Gasteiger partial charge in [0.05, 0.1) is 12.6 Å². The van der Waals surface area contributed by atoms with E-state index in [1.807, 2.05) is 5.38 Å². The Balaban J connectivity index is 2.29. The molecule has 0 aliphatic rings. The number of aliphatic hydroxyl groups is 1. The molecule has 2 amide bonds. The minimum atomic E-state index is -0.204. The van der Waals surface area contributed by atoms with Gasteiger partial charge in [0.25, 0.3) is 5.91 Å². The van der Waals surface area contributed by atoms with Gasteiger partial charge in [0.1, 0.15) is 0 Å². The van der Waals surface area contributed by atoms with Crippen molar-refractivity contribution in [2.75, 3.05) is 20.2 Å². The van der Waals surface area contributed by atoms with E-state index in [1.54, 1.807) is 25.4 Å². The Labute approximate surface area is 110 Å².